The van der Waals surface area contributed by atoms with E-state index in [-0.39, 0.29) is 0 Å². The highest BCUT2D eigenvalue weighted by Crippen LogP contribution is 2.01. The Labute approximate surface area is 95.8 Å². The molecule has 0 aliphatic heterocycles. The number of unbranched alkanes of at least 4 members (excludes halogenated alkanes) is 5. The van der Waals surface area contributed by atoms with Crippen molar-refractivity contribution in [2.24, 2.45) is 17.2 Å². The van der Waals surface area contributed by atoms with Gasteiger partial charge in [0.05, 0.1) is 0 Å². The first-order valence-electron chi connectivity index (χ1n) is 6.34. The molecule has 0 aliphatic carbocycles. The van der Waals surface area contributed by atoms with Crippen LogP contribution in [-0.4, -0.2) is 5.79 Å². The van der Waals surface area contributed by atoms with Crippen LogP contribution in [0.15, 0.2) is 0 Å². The van der Waals surface area contributed by atoms with Gasteiger partial charge in [-0.05, 0) is 12.8 Å². The van der Waals surface area contributed by atoms with Crippen molar-refractivity contribution in [3.63, 3.8) is 0 Å². The zero-order chi connectivity index (χ0) is 12.2. The van der Waals surface area contributed by atoms with E-state index in [2.05, 4.69) is 20.8 Å². The van der Waals surface area contributed by atoms with Gasteiger partial charge in [0.15, 0.2) is 0 Å². The van der Waals surface area contributed by atoms with Crippen LogP contribution in [0, 0.1) is 0 Å². The molecule has 15 heavy (non-hydrogen) atoms. The van der Waals surface area contributed by atoms with Gasteiger partial charge in [0.1, 0.15) is 5.79 Å². The molecule has 0 saturated heterocycles. The lowest BCUT2D eigenvalue weighted by Gasteiger charge is -2.17. The number of hydrogen-bond donors (Lipinski definition) is 3. The summed E-state index contributed by atoms with van der Waals surface area (Å²) >= 11 is 0. The summed E-state index contributed by atoms with van der Waals surface area (Å²) in [4.78, 5) is 0. The van der Waals surface area contributed by atoms with E-state index >= 15 is 0 Å². The van der Waals surface area contributed by atoms with E-state index in [1.54, 1.807) is 0 Å². The Bertz CT molecular complexity index is 104. The molecule has 0 radical (unpaired) electrons. The minimum Gasteiger partial charge on any atom is -0.301 e. The first-order chi connectivity index (χ1) is 6.97. The van der Waals surface area contributed by atoms with Gasteiger partial charge in [0.25, 0.3) is 0 Å². The Hall–Kier alpha value is -0.120. The summed E-state index contributed by atoms with van der Waals surface area (Å²) in [7, 11) is 0. The van der Waals surface area contributed by atoms with Crippen molar-refractivity contribution in [2.45, 2.75) is 77.9 Å². The summed E-state index contributed by atoms with van der Waals surface area (Å²) in [6.45, 7) is 6.59. The quantitative estimate of drug-likeness (QED) is 0.453. The van der Waals surface area contributed by atoms with Gasteiger partial charge >= 0.3 is 0 Å². The fourth-order valence-corrected chi connectivity index (χ4v) is 1.18. The molecule has 0 fully saturated rings. The zero-order valence-electron chi connectivity index (χ0n) is 10.9. The predicted octanol–water partition coefficient (Wildman–Crippen LogP) is 2.68. The van der Waals surface area contributed by atoms with E-state index in [4.69, 9.17) is 17.2 Å². The molecule has 0 rings (SSSR count). The van der Waals surface area contributed by atoms with Crippen molar-refractivity contribution < 1.29 is 0 Å². The highest BCUT2D eigenvalue weighted by molar-refractivity contribution is 4.66. The lowest BCUT2D eigenvalue weighted by molar-refractivity contribution is 0.404. The third kappa shape index (κ3) is 24.8. The topological polar surface area (TPSA) is 78.1 Å². The SMILES string of the molecule is CCCCCC.CCCCCC(N)(N)N. The standard InChI is InChI=1S/C6H17N3.C6H14/c1-2-3-4-5-6(7,8)9;1-3-5-6-4-2/h2-5,7-9H2,1H3;3-6H2,1-2H3. The maximum atomic E-state index is 5.33. The van der Waals surface area contributed by atoms with E-state index in [1.807, 2.05) is 0 Å². The molecule has 0 saturated carbocycles. The Morgan fingerprint density at radius 2 is 1.00 bits per heavy atom. The Kier molecular flexibility index (Phi) is 13.8. The normalized spacial score (nSPS) is 10.8. The molecule has 3 nitrogen and oxygen atoms in total. The van der Waals surface area contributed by atoms with E-state index < -0.39 is 5.79 Å². The fraction of sp³-hybridized carbons (Fsp3) is 1.00. The second kappa shape index (κ2) is 12.0. The predicted molar refractivity (Wildman–Crippen MR) is 69.3 cm³/mol. The molecule has 0 aromatic rings. The summed E-state index contributed by atoms with van der Waals surface area (Å²) in [6, 6.07) is 0. The lowest BCUT2D eigenvalue weighted by atomic mass is 10.1. The van der Waals surface area contributed by atoms with Crippen LogP contribution in [0.1, 0.15) is 72.1 Å². The fourth-order valence-electron chi connectivity index (χ4n) is 1.18. The van der Waals surface area contributed by atoms with Crippen LogP contribution in [0.4, 0.5) is 0 Å². The highest BCUT2D eigenvalue weighted by atomic mass is 15.1. The molecule has 3 heteroatoms. The Balaban J connectivity index is 0. The lowest BCUT2D eigenvalue weighted by Crippen LogP contribution is -2.57. The summed E-state index contributed by atoms with van der Waals surface area (Å²) in [6.07, 6.45) is 9.61. The largest absolute Gasteiger partial charge is 0.301 e. The molecular weight excluding hydrogens is 186 g/mol. The smallest absolute Gasteiger partial charge is 0.115 e. The molecule has 0 aromatic heterocycles. The Morgan fingerprint density at radius 3 is 1.27 bits per heavy atom. The summed E-state index contributed by atoms with van der Waals surface area (Å²) in [5, 5.41) is 0. The molecule has 94 valence electrons. The third-order valence-corrected chi connectivity index (χ3v) is 2.17. The minimum atomic E-state index is -0.949. The molecule has 0 spiro atoms. The molecule has 0 heterocycles. The molecule has 6 N–H and O–H groups in total. The molecular formula is C12H31N3. The van der Waals surface area contributed by atoms with Gasteiger partial charge < -0.3 is 17.2 Å². The van der Waals surface area contributed by atoms with Crippen LogP contribution in [-0.2, 0) is 0 Å². The zero-order valence-corrected chi connectivity index (χ0v) is 10.9. The maximum Gasteiger partial charge on any atom is 0.115 e. The first-order valence-corrected chi connectivity index (χ1v) is 6.34. The van der Waals surface area contributed by atoms with E-state index in [0.717, 1.165) is 12.8 Å². The molecule has 0 amide bonds. The first kappa shape index (κ1) is 17.3. The third-order valence-electron chi connectivity index (χ3n) is 2.17. The number of rotatable bonds is 7. The molecule has 0 bridgehead atoms. The van der Waals surface area contributed by atoms with Crippen molar-refractivity contribution in [1.82, 2.24) is 0 Å². The van der Waals surface area contributed by atoms with Gasteiger partial charge in [-0.15, -0.1) is 0 Å². The molecule has 0 atom stereocenters. The van der Waals surface area contributed by atoms with Gasteiger partial charge in [0.2, 0.25) is 0 Å². The average molecular weight is 217 g/mol. The van der Waals surface area contributed by atoms with Gasteiger partial charge in [-0.3, -0.25) is 0 Å². The van der Waals surface area contributed by atoms with Crippen molar-refractivity contribution in [1.29, 1.82) is 0 Å². The summed E-state index contributed by atoms with van der Waals surface area (Å²) in [5.74, 6) is -0.949. The van der Waals surface area contributed by atoms with Crippen molar-refractivity contribution in [3.05, 3.63) is 0 Å². The van der Waals surface area contributed by atoms with Crippen LogP contribution in [0.5, 0.6) is 0 Å². The van der Waals surface area contributed by atoms with Crippen molar-refractivity contribution >= 4 is 0 Å². The van der Waals surface area contributed by atoms with Crippen molar-refractivity contribution in [2.75, 3.05) is 0 Å². The highest BCUT2D eigenvalue weighted by Gasteiger charge is 2.09. The van der Waals surface area contributed by atoms with Crippen molar-refractivity contribution in [3.8, 4) is 0 Å². The van der Waals surface area contributed by atoms with Gasteiger partial charge in [-0.25, -0.2) is 0 Å². The van der Waals surface area contributed by atoms with E-state index in [0.29, 0.717) is 6.42 Å². The van der Waals surface area contributed by atoms with Crippen LogP contribution in [0.3, 0.4) is 0 Å². The second-order valence-corrected chi connectivity index (χ2v) is 4.28. The summed E-state index contributed by atoms with van der Waals surface area (Å²) < 4.78 is 0. The maximum absolute atomic E-state index is 5.33. The molecule has 0 aliphatic rings. The van der Waals surface area contributed by atoms with Crippen LogP contribution < -0.4 is 17.2 Å². The Morgan fingerprint density at radius 1 is 0.667 bits per heavy atom. The van der Waals surface area contributed by atoms with Gasteiger partial charge in [0, 0.05) is 0 Å². The van der Waals surface area contributed by atoms with E-state index in [9.17, 15) is 0 Å². The van der Waals surface area contributed by atoms with Crippen LogP contribution in [0.25, 0.3) is 0 Å². The monoisotopic (exact) mass is 217 g/mol. The number of nitrogens with two attached hydrogens (primary N) is 3. The van der Waals surface area contributed by atoms with Gasteiger partial charge in [-0.1, -0.05) is 59.3 Å². The second-order valence-electron chi connectivity index (χ2n) is 4.28. The van der Waals surface area contributed by atoms with Crippen LogP contribution in [0.2, 0.25) is 0 Å². The average Bonchev–Trinajstić information content (AvgIpc) is 2.14. The summed E-state index contributed by atoms with van der Waals surface area (Å²) in [5.41, 5.74) is 16.0. The van der Waals surface area contributed by atoms with E-state index in [1.165, 1.54) is 32.1 Å². The minimum absolute atomic E-state index is 0.709. The van der Waals surface area contributed by atoms with Crippen LogP contribution >= 0.6 is 0 Å². The molecule has 0 unspecified atom stereocenters. The molecule has 0 aromatic carbocycles. The number of hydrogen-bond acceptors (Lipinski definition) is 3. The van der Waals surface area contributed by atoms with Gasteiger partial charge in [-0.2, -0.15) is 0 Å².